The normalized spacial score (nSPS) is 17.3. The lowest BCUT2D eigenvalue weighted by molar-refractivity contribution is -0.130. The second-order valence-electron chi connectivity index (χ2n) is 6.46. The SMILES string of the molecule is CC(=O)N1CCCC(Cc2cnc(-c3cccc(C(=O)O)c3)cn2)C1. The van der Waals surface area contributed by atoms with Gasteiger partial charge < -0.3 is 10.0 Å². The maximum Gasteiger partial charge on any atom is 0.335 e. The predicted octanol–water partition coefficient (Wildman–Crippen LogP) is 2.64. The summed E-state index contributed by atoms with van der Waals surface area (Å²) in [6.45, 7) is 3.23. The molecule has 1 aliphatic rings. The number of nitrogens with zero attached hydrogens (tertiary/aromatic N) is 3. The van der Waals surface area contributed by atoms with Gasteiger partial charge in [-0.2, -0.15) is 0 Å². The van der Waals surface area contributed by atoms with Crippen LogP contribution in [0, 0.1) is 5.92 Å². The first-order chi connectivity index (χ1) is 12.0. The summed E-state index contributed by atoms with van der Waals surface area (Å²) in [5.41, 5.74) is 2.52. The van der Waals surface area contributed by atoms with E-state index < -0.39 is 5.97 Å². The van der Waals surface area contributed by atoms with Crippen molar-refractivity contribution in [2.45, 2.75) is 26.2 Å². The molecule has 25 heavy (non-hydrogen) atoms. The minimum Gasteiger partial charge on any atom is -0.478 e. The topological polar surface area (TPSA) is 83.4 Å². The molecule has 0 bridgehead atoms. The fourth-order valence-electron chi connectivity index (χ4n) is 3.23. The molecule has 6 heteroatoms. The third kappa shape index (κ3) is 4.21. The summed E-state index contributed by atoms with van der Waals surface area (Å²) in [4.78, 5) is 33.4. The monoisotopic (exact) mass is 339 g/mol. The molecule has 1 amide bonds. The smallest absolute Gasteiger partial charge is 0.335 e. The van der Waals surface area contributed by atoms with E-state index in [9.17, 15) is 9.59 Å². The predicted molar refractivity (Wildman–Crippen MR) is 93.1 cm³/mol. The maximum atomic E-state index is 11.5. The summed E-state index contributed by atoms with van der Waals surface area (Å²) in [5, 5.41) is 9.08. The summed E-state index contributed by atoms with van der Waals surface area (Å²) < 4.78 is 0. The van der Waals surface area contributed by atoms with E-state index in [1.807, 2.05) is 11.0 Å². The van der Waals surface area contributed by atoms with E-state index in [1.165, 1.54) is 0 Å². The standard InChI is InChI=1S/C19H21N3O3/c1-13(23)22-7-3-4-14(12-22)8-17-10-21-18(11-20-17)15-5-2-6-16(9-15)19(24)25/h2,5-6,9-11,14H,3-4,7-8,12H2,1H3,(H,24,25). The Morgan fingerprint density at radius 3 is 2.80 bits per heavy atom. The number of hydrogen-bond acceptors (Lipinski definition) is 4. The molecule has 2 aromatic rings. The van der Waals surface area contributed by atoms with Crippen molar-refractivity contribution in [1.82, 2.24) is 14.9 Å². The van der Waals surface area contributed by atoms with Crippen molar-refractivity contribution in [2.24, 2.45) is 5.92 Å². The highest BCUT2D eigenvalue weighted by Gasteiger charge is 2.22. The van der Waals surface area contributed by atoms with Gasteiger partial charge in [-0.15, -0.1) is 0 Å². The zero-order chi connectivity index (χ0) is 17.8. The number of carboxylic acids is 1. The van der Waals surface area contributed by atoms with Gasteiger partial charge in [-0.1, -0.05) is 12.1 Å². The Morgan fingerprint density at radius 1 is 1.28 bits per heavy atom. The molecule has 1 fully saturated rings. The van der Waals surface area contributed by atoms with Crippen molar-refractivity contribution in [3.63, 3.8) is 0 Å². The van der Waals surface area contributed by atoms with Crippen LogP contribution in [-0.4, -0.2) is 44.9 Å². The minimum atomic E-state index is -0.959. The number of amides is 1. The molecule has 1 aliphatic heterocycles. The Balaban J connectivity index is 1.69. The molecule has 3 rings (SSSR count). The zero-order valence-electron chi connectivity index (χ0n) is 14.2. The van der Waals surface area contributed by atoms with Gasteiger partial charge in [0.25, 0.3) is 0 Å². The summed E-state index contributed by atoms with van der Waals surface area (Å²) in [7, 11) is 0. The number of hydrogen-bond donors (Lipinski definition) is 1. The first kappa shape index (κ1) is 17.1. The van der Waals surface area contributed by atoms with Gasteiger partial charge in [0.1, 0.15) is 0 Å². The van der Waals surface area contributed by atoms with Crippen molar-refractivity contribution in [3.05, 3.63) is 47.9 Å². The van der Waals surface area contributed by atoms with E-state index in [4.69, 9.17) is 5.11 Å². The average Bonchev–Trinajstić information content (AvgIpc) is 2.62. The van der Waals surface area contributed by atoms with E-state index in [1.54, 1.807) is 37.5 Å². The van der Waals surface area contributed by atoms with Crippen LogP contribution >= 0.6 is 0 Å². The summed E-state index contributed by atoms with van der Waals surface area (Å²) in [6.07, 6.45) is 6.34. The van der Waals surface area contributed by atoms with Crippen LogP contribution < -0.4 is 0 Å². The Hall–Kier alpha value is -2.76. The number of aromatic nitrogens is 2. The van der Waals surface area contributed by atoms with Gasteiger partial charge in [0.2, 0.25) is 5.91 Å². The third-order valence-electron chi connectivity index (χ3n) is 4.57. The van der Waals surface area contributed by atoms with E-state index in [-0.39, 0.29) is 11.5 Å². The first-order valence-corrected chi connectivity index (χ1v) is 8.43. The highest BCUT2D eigenvalue weighted by molar-refractivity contribution is 5.89. The van der Waals surface area contributed by atoms with Crippen LogP contribution in [0.25, 0.3) is 11.3 Å². The first-order valence-electron chi connectivity index (χ1n) is 8.43. The number of benzene rings is 1. The second-order valence-corrected chi connectivity index (χ2v) is 6.46. The van der Waals surface area contributed by atoms with Crippen molar-refractivity contribution >= 4 is 11.9 Å². The summed E-state index contributed by atoms with van der Waals surface area (Å²) >= 11 is 0. The summed E-state index contributed by atoms with van der Waals surface area (Å²) in [6, 6.07) is 6.67. The summed E-state index contributed by atoms with van der Waals surface area (Å²) in [5.74, 6) is -0.420. The molecule has 0 radical (unpaired) electrons. The largest absolute Gasteiger partial charge is 0.478 e. The van der Waals surface area contributed by atoms with Gasteiger partial charge in [-0.05, 0) is 37.3 Å². The number of carbonyl (C=O) groups is 2. The van der Waals surface area contributed by atoms with Gasteiger partial charge in [-0.3, -0.25) is 14.8 Å². The molecule has 0 aliphatic carbocycles. The zero-order valence-corrected chi connectivity index (χ0v) is 14.2. The van der Waals surface area contributed by atoms with Crippen LogP contribution in [0.3, 0.4) is 0 Å². The van der Waals surface area contributed by atoms with Crippen LogP contribution in [0.2, 0.25) is 0 Å². The Morgan fingerprint density at radius 2 is 2.12 bits per heavy atom. The molecule has 2 heterocycles. The van der Waals surface area contributed by atoms with Crippen LogP contribution in [0.1, 0.15) is 35.8 Å². The number of carboxylic acid groups (broad SMARTS) is 1. The molecule has 1 aromatic carbocycles. The van der Waals surface area contributed by atoms with Gasteiger partial charge >= 0.3 is 5.97 Å². The molecule has 1 saturated heterocycles. The fraction of sp³-hybridized carbons (Fsp3) is 0.368. The van der Waals surface area contributed by atoms with Gasteiger partial charge in [0.05, 0.1) is 23.1 Å². The third-order valence-corrected chi connectivity index (χ3v) is 4.57. The molecule has 1 unspecified atom stereocenters. The van der Waals surface area contributed by atoms with Crippen LogP contribution in [0.15, 0.2) is 36.7 Å². The Labute approximate surface area is 146 Å². The average molecular weight is 339 g/mol. The van der Waals surface area contributed by atoms with Crippen molar-refractivity contribution in [1.29, 1.82) is 0 Å². The van der Waals surface area contributed by atoms with Crippen LogP contribution in [0.4, 0.5) is 0 Å². The quantitative estimate of drug-likeness (QED) is 0.926. The number of piperidine rings is 1. The van der Waals surface area contributed by atoms with Crippen molar-refractivity contribution < 1.29 is 14.7 Å². The number of aromatic carboxylic acids is 1. The van der Waals surface area contributed by atoms with Gasteiger partial charge in [0, 0.05) is 31.8 Å². The minimum absolute atomic E-state index is 0.129. The Kier molecular flexibility index (Phi) is 5.07. The van der Waals surface area contributed by atoms with E-state index in [2.05, 4.69) is 9.97 Å². The molecule has 0 spiro atoms. The highest BCUT2D eigenvalue weighted by Crippen LogP contribution is 2.21. The molecule has 1 aromatic heterocycles. The van der Waals surface area contributed by atoms with Crippen LogP contribution in [-0.2, 0) is 11.2 Å². The molecule has 1 N–H and O–H groups in total. The lowest BCUT2D eigenvalue weighted by atomic mass is 9.93. The lowest BCUT2D eigenvalue weighted by Crippen LogP contribution is -2.39. The molecular weight excluding hydrogens is 318 g/mol. The molecule has 0 saturated carbocycles. The molecule has 6 nitrogen and oxygen atoms in total. The lowest BCUT2D eigenvalue weighted by Gasteiger charge is -2.31. The van der Waals surface area contributed by atoms with E-state index in [0.717, 1.165) is 43.6 Å². The fourth-order valence-corrected chi connectivity index (χ4v) is 3.23. The van der Waals surface area contributed by atoms with E-state index >= 15 is 0 Å². The highest BCUT2D eigenvalue weighted by atomic mass is 16.4. The van der Waals surface area contributed by atoms with Gasteiger partial charge in [0.15, 0.2) is 0 Å². The maximum absolute atomic E-state index is 11.5. The van der Waals surface area contributed by atoms with Gasteiger partial charge in [-0.25, -0.2) is 4.79 Å². The van der Waals surface area contributed by atoms with Crippen molar-refractivity contribution in [2.75, 3.05) is 13.1 Å². The molecular formula is C19H21N3O3. The van der Waals surface area contributed by atoms with Crippen molar-refractivity contribution in [3.8, 4) is 11.3 Å². The van der Waals surface area contributed by atoms with Crippen LogP contribution in [0.5, 0.6) is 0 Å². The second kappa shape index (κ2) is 7.42. The Bertz CT molecular complexity index is 774. The number of likely N-dealkylation sites (tertiary alicyclic amines) is 1. The number of rotatable bonds is 4. The molecule has 1 atom stereocenters. The molecule has 130 valence electrons. The number of carbonyl (C=O) groups excluding carboxylic acids is 1. The van der Waals surface area contributed by atoms with E-state index in [0.29, 0.717) is 11.6 Å².